The second kappa shape index (κ2) is 16.7. The fourth-order valence-electron chi connectivity index (χ4n) is 17.7. The highest BCUT2D eigenvalue weighted by molar-refractivity contribution is 5.84. The fourth-order valence-corrected chi connectivity index (χ4v) is 17.7. The van der Waals surface area contributed by atoms with Crippen LogP contribution >= 0.6 is 0 Å². The Morgan fingerprint density at radius 3 is 2.48 bits per heavy atom. The van der Waals surface area contributed by atoms with Gasteiger partial charge in [0.15, 0.2) is 23.0 Å². The van der Waals surface area contributed by atoms with Gasteiger partial charge in [0.25, 0.3) is 0 Å². The molecule has 0 amide bonds. The van der Waals surface area contributed by atoms with E-state index in [1.54, 1.807) is 12.1 Å². The number of rotatable bonds is 12. The zero-order valence-electron chi connectivity index (χ0n) is 39.5. The molecule has 356 valence electrons. The summed E-state index contributed by atoms with van der Waals surface area (Å²) in [6.07, 6.45) is 16.5. The van der Waals surface area contributed by atoms with Crippen LogP contribution in [0.4, 0.5) is 0 Å². The summed E-state index contributed by atoms with van der Waals surface area (Å²) in [4.78, 5) is 16.1. The first kappa shape index (κ1) is 45.1. The summed E-state index contributed by atoms with van der Waals surface area (Å²) in [7, 11) is 1.51. The van der Waals surface area contributed by atoms with Crippen molar-refractivity contribution in [3.05, 3.63) is 94.1 Å². The lowest BCUT2D eigenvalue weighted by Gasteiger charge is -2.80. The molecule has 13 atom stereocenters. The predicted octanol–water partition coefficient (Wildman–Crippen LogP) is 9.24. The third kappa shape index (κ3) is 6.37. The van der Waals surface area contributed by atoms with Crippen LogP contribution in [0.5, 0.6) is 23.0 Å². The standard InChI is InChI=1S/C58H71NO8/c1-3-4-6-15-44-47(62)27-41(42-29-51(67-2)50(65)25-38(42)33-61)36(24-35-11-7-5-8-12-35)16-17-37-32-59-56-20-19-55-34-54(18-9-13-39(54)26-40(55)14-10-23-60)45-31-52(55)58(56,53(37)57(44,66)22-21-56)46-30-49(64)48(63)28-43(45)46/h5,7-8,11-12,25-26,28-30,36-37,39,41,44-45,52-53,59-61,63-66H,3-4,6,9-10,13-15,18-24,27,31-34H2,1-2H3. The molecule has 7 N–H and O–H groups in total. The van der Waals surface area contributed by atoms with Crippen molar-refractivity contribution in [1.29, 1.82) is 0 Å². The third-order valence-electron chi connectivity index (χ3n) is 20.1. The summed E-state index contributed by atoms with van der Waals surface area (Å²) in [5.41, 5.74) is 3.17. The van der Waals surface area contributed by atoms with Gasteiger partial charge >= 0.3 is 0 Å². The van der Waals surface area contributed by atoms with E-state index in [-0.39, 0.29) is 82.9 Å². The molecule has 3 aromatic rings. The average molecular weight is 910 g/mol. The number of aliphatic hydroxyl groups excluding tert-OH is 2. The lowest BCUT2D eigenvalue weighted by Crippen LogP contribution is -2.84. The number of unbranched alkanes of at least 4 members (excludes halogenated alkanes) is 2. The summed E-state index contributed by atoms with van der Waals surface area (Å²) in [5, 5.41) is 74.4. The quantitative estimate of drug-likeness (QED) is 0.0407. The number of hydrogen-bond acceptors (Lipinski definition) is 9. The Morgan fingerprint density at radius 1 is 0.896 bits per heavy atom. The van der Waals surface area contributed by atoms with Crippen molar-refractivity contribution < 1.29 is 40.2 Å². The van der Waals surface area contributed by atoms with Crippen LogP contribution in [-0.4, -0.2) is 67.8 Å². The molecule has 9 nitrogen and oxygen atoms in total. The number of carbonyl (C=O) groups excluding carboxylic acids is 1. The van der Waals surface area contributed by atoms with Gasteiger partial charge in [-0.1, -0.05) is 86.4 Å². The number of piperidine rings is 1. The van der Waals surface area contributed by atoms with Gasteiger partial charge in [-0.25, -0.2) is 0 Å². The van der Waals surface area contributed by atoms with E-state index in [9.17, 15) is 30.6 Å². The van der Waals surface area contributed by atoms with E-state index in [1.165, 1.54) is 12.7 Å². The highest BCUT2D eigenvalue weighted by atomic mass is 16.5. The van der Waals surface area contributed by atoms with Gasteiger partial charge in [-0.15, -0.1) is 0 Å². The molecule has 7 aliphatic carbocycles. The van der Waals surface area contributed by atoms with E-state index in [0.717, 1.165) is 92.9 Å². The Kier molecular flexibility index (Phi) is 11.2. The molecule has 0 radical (unpaired) electrons. The maximum absolute atomic E-state index is 16.1. The molecule has 4 saturated carbocycles. The molecule has 1 aliphatic heterocycles. The summed E-state index contributed by atoms with van der Waals surface area (Å²) < 4.78 is 5.66. The van der Waals surface area contributed by atoms with Gasteiger partial charge in [0.05, 0.1) is 19.3 Å². The maximum Gasteiger partial charge on any atom is 0.160 e. The van der Waals surface area contributed by atoms with Crippen molar-refractivity contribution in [2.75, 3.05) is 20.3 Å². The minimum absolute atomic E-state index is 0.00746. The van der Waals surface area contributed by atoms with Crippen molar-refractivity contribution in [3.63, 3.8) is 0 Å². The van der Waals surface area contributed by atoms with Gasteiger partial charge in [0, 0.05) is 60.1 Å². The van der Waals surface area contributed by atoms with E-state index in [4.69, 9.17) is 4.74 Å². The molecule has 5 fully saturated rings. The zero-order valence-corrected chi connectivity index (χ0v) is 39.5. The molecule has 3 aromatic carbocycles. The van der Waals surface area contributed by atoms with Crippen molar-refractivity contribution in [3.8, 4) is 34.8 Å². The number of nitrogens with one attached hydrogen (secondary N) is 1. The minimum Gasteiger partial charge on any atom is -0.504 e. The summed E-state index contributed by atoms with van der Waals surface area (Å²) in [6.45, 7) is 2.52. The summed E-state index contributed by atoms with van der Waals surface area (Å²) in [6, 6.07) is 17.4. The number of ether oxygens (including phenoxy) is 1. The van der Waals surface area contributed by atoms with Crippen molar-refractivity contribution in [2.45, 2.75) is 151 Å². The number of methoxy groups -OCH3 is 1. The number of carbonyl (C=O) groups is 1. The normalized spacial score (nSPS) is 38.6. The van der Waals surface area contributed by atoms with E-state index < -0.39 is 34.3 Å². The number of benzene rings is 3. The van der Waals surface area contributed by atoms with Crippen LogP contribution in [0, 0.1) is 58.2 Å². The maximum atomic E-state index is 16.1. The van der Waals surface area contributed by atoms with Gasteiger partial charge in [-0.3, -0.25) is 4.79 Å². The molecule has 11 rings (SSSR count). The molecular weight excluding hydrogens is 839 g/mol. The number of fused-ring (bicyclic) bond motifs is 3. The second-order valence-corrected chi connectivity index (χ2v) is 22.6. The largest absolute Gasteiger partial charge is 0.504 e. The second-order valence-electron chi connectivity index (χ2n) is 22.6. The summed E-state index contributed by atoms with van der Waals surface area (Å²) in [5.74, 6) is 6.05. The first-order valence-electron chi connectivity index (χ1n) is 25.9. The number of Topliss-reactive ketones (excluding diaryl/α,β-unsaturated/α-hetero) is 1. The average Bonchev–Trinajstić information content (AvgIpc) is 3.73. The molecule has 13 unspecified atom stereocenters. The van der Waals surface area contributed by atoms with Gasteiger partial charge in [-0.05, 0) is 158 Å². The molecule has 6 bridgehead atoms. The van der Waals surface area contributed by atoms with E-state index in [1.807, 2.05) is 30.3 Å². The number of aromatic hydroxyl groups is 3. The monoisotopic (exact) mass is 910 g/mol. The molecule has 3 spiro atoms. The molecule has 0 aromatic heterocycles. The van der Waals surface area contributed by atoms with E-state index in [0.29, 0.717) is 50.1 Å². The van der Waals surface area contributed by atoms with Crippen LogP contribution in [0.3, 0.4) is 0 Å². The van der Waals surface area contributed by atoms with Crippen LogP contribution in [0.1, 0.15) is 149 Å². The van der Waals surface area contributed by atoms with Crippen molar-refractivity contribution >= 4 is 5.78 Å². The van der Waals surface area contributed by atoms with Crippen LogP contribution in [0.15, 0.2) is 66.2 Å². The highest BCUT2D eigenvalue weighted by Crippen LogP contribution is 2.83. The zero-order chi connectivity index (χ0) is 46.5. The molecule has 9 heteroatoms. The lowest BCUT2D eigenvalue weighted by molar-refractivity contribution is -0.245. The van der Waals surface area contributed by atoms with E-state index in [2.05, 4.69) is 42.3 Å². The first-order valence-corrected chi connectivity index (χ1v) is 25.9. The van der Waals surface area contributed by atoms with Gasteiger partial charge in [0.1, 0.15) is 5.78 Å². The van der Waals surface area contributed by atoms with E-state index >= 15 is 4.79 Å². The fraction of sp³-hybridized carbons (Fsp3) is 0.603. The Morgan fingerprint density at radius 2 is 1.70 bits per heavy atom. The molecule has 1 saturated heterocycles. The molecule has 8 aliphatic rings. The Hall–Kier alpha value is -4.33. The number of phenols is 3. The smallest absolute Gasteiger partial charge is 0.160 e. The number of phenolic OH excluding ortho intramolecular Hbond substituents is 3. The molecule has 1 heterocycles. The molecule has 67 heavy (non-hydrogen) atoms. The number of aliphatic hydroxyl groups is 3. The van der Waals surface area contributed by atoms with Gasteiger partial charge < -0.3 is 40.7 Å². The lowest BCUT2D eigenvalue weighted by atomic mass is 9.26. The Balaban J connectivity index is 1.18. The Bertz CT molecular complexity index is 2530. The minimum atomic E-state index is -1.45. The predicted molar refractivity (Wildman–Crippen MR) is 257 cm³/mol. The number of allylic oxidation sites excluding steroid dienone is 2. The number of ketones is 1. The van der Waals surface area contributed by atoms with Gasteiger partial charge in [-0.2, -0.15) is 0 Å². The Labute approximate surface area is 396 Å². The number of hydrogen-bond donors (Lipinski definition) is 7. The molecular formula is C58H71NO8. The van der Waals surface area contributed by atoms with Crippen LogP contribution in [0.2, 0.25) is 0 Å². The van der Waals surface area contributed by atoms with Gasteiger partial charge in [0.2, 0.25) is 0 Å². The van der Waals surface area contributed by atoms with Crippen LogP contribution < -0.4 is 10.1 Å². The van der Waals surface area contributed by atoms with Crippen molar-refractivity contribution in [1.82, 2.24) is 5.32 Å². The highest BCUT2D eigenvalue weighted by Gasteiger charge is 2.81. The van der Waals surface area contributed by atoms with Crippen LogP contribution in [0.25, 0.3) is 0 Å². The summed E-state index contributed by atoms with van der Waals surface area (Å²) >= 11 is 0. The SMILES string of the molecule is CCCCCC1C(=O)CC(c2cc(OC)c(O)cc2CO)C(Cc2ccccc2)C#CC2CNC34CCC56CC7(CCCC7C=C5CCCO)C5CC6C3(c3cc(O)c(O)cc35)C2C1(O)CC4. The third-order valence-corrected chi connectivity index (χ3v) is 20.1. The topological polar surface area (TPSA) is 160 Å². The first-order chi connectivity index (χ1) is 32.4. The van der Waals surface area contributed by atoms with Crippen molar-refractivity contribution in [2.24, 2.45) is 46.3 Å². The van der Waals surface area contributed by atoms with Crippen LogP contribution in [-0.2, 0) is 23.2 Å².